The molecule has 132 valence electrons. The van der Waals surface area contributed by atoms with Crippen LogP contribution in [-0.4, -0.2) is 107 Å². The second kappa shape index (κ2) is 8.48. The first-order valence-corrected chi connectivity index (χ1v) is 10.3. The van der Waals surface area contributed by atoms with E-state index in [1.165, 1.54) is 0 Å². The highest BCUT2D eigenvalue weighted by molar-refractivity contribution is 7.59. The Morgan fingerprint density at radius 2 is 1.91 bits per heavy atom. The highest BCUT2D eigenvalue weighted by Gasteiger charge is 2.39. The van der Waals surface area contributed by atoms with Gasteiger partial charge in [0.05, 0.1) is 18.8 Å². The first kappa shape index (κ1) is 19.4. The number of nitrogens with one attached hydrogen (secondary N) is 1. The lowest BCUT2D eigenvalue weighted by Gasteiger charge is -2.43. The van der Waals surface area contributed by atoms with Crippen LogP contribution in [0.2, 0.25) is 0 Å². The lowest BCUT2D eigenvalue weighted by molar-refractivity contribution is -0.0517. The molecular formula is C13H30B2N3O4P. The Balaban J connectivity index is 2.01. The number of ether oxygens (including phenoxy) is 2. The van der Waals surface area contributed by atoms with E-state index < -0.39 is 7.44 Å². The topological polar surface area (TPSA) is 74.3 Å². The van der Waals surface area contributed by atoms with E-state index in [0.717, 1.165) is 19.5 Å². The number of nitrogens with zero attached hydrogens (tertiary/aromatic N) is 2. The predicted molar refractivity (Wildman–Crippen MR) is 96.7 cm³/mol. The zero-order valence-corrected chi connectivity index (χ0v) is 15.7. The minimum Gasteiger partial charge on any atom is -0.394 e. The van der Waals surface area contributed by atoms with E-state index in [1.54, 1.807) is 0 Å². The summed E-state index contributed by atoms with van der Waals surface area (Å²) in [6, 6.07) is 0.177. The van der Waals surface area contributed by atoms with Gasteiger partial charge in [0.2, 0.25) is 7.44 Å². The third kappa shape index (κ3) is 5.05. The summed E-state index contributed by atoms with van der Waals surface area (Å²) in [6.45, 7) is 2.79. The maximum absolute atomic E-state index is 13.6. The second-order valence-electron chi connectivity index (χ2n) is 6.87. The Morgan fingerprint density at radius 1 is 1.22 bits per heavy atom. The van der Waals surface area contributed by atoms with Gasteiger partial charge in [-0.2, -0.15) is 0 Å². The Labute approximate surface area is 141 Å². The molecular weight excluding hydrogens is 315 g/mol. The molecule has 10 heteroatoms. The van der Waals surface area contributed by atoms with Gasteiger partial charge in [0.25, 0.3) is 0 Å². The fourth-order valence-corrected chi connectivity index (χ4v) is 6.06. The van der Waals surface area contributed by atoms with Gasteiger partial charge in [-0.25, -0.2) is 9.34 Å². The number of morpholine rings is 2. The summed E-state index contributed by atoms with van der Waals surface area (Å²) in [5.41, 5.74) is 0. The van der Waals surface area contributed by atoms with Gasteiger partial charge in [-0.15, -0.1) is 0 Å². The van der Waals surface area contributed by atoms with E-state index in [0.29, 0.717) is 19.3 Å². The van der Waals surface area contributed by atoms with Crippen LogP contribution >= 0.6 is 7.44 Å². The molecule has 2 N–H and O–H groups in total. The molecule has 0 aromatic heterocycles. The molecule has 5 atom stereocenters. The van der Waals surface area contributed by atoms with Gasteiger partial charge >= 0.3 is 0 Å². The van der Waals surface area contributed by atoms with Crippen molar-refractivity contribution >= 4 is 23.1 Å². The molecule has 0 aromatic rings. The average Bonchev–Trinajstić information content (AvgIpc) is 2.51. The zero-order valence-electron chi connectivity index (χ0n) is 14.8. The average molecular weight is 345 g/mol. The third-order valence-corrected chi connectivity index (χ3v) is 7.85. The minimum atomic E-state index is -2.67. The largest absolute Gasteiger partial charge is 0.394 e. The molecule has 2 saturated heterocycles. The lowest BCUT2D eigenvalue weighted by atomic mass is 9.98. The van der Waals surface area contributed by atoms with Crippen LogP contribution in [0.3, 0.4) is 0 Å². The highest BCUT2D eigenvalue weighted by Crippen LogP contribution is 2.53. The Bertz CT molecular complexity index is 432. The normalized spacial score (nSPS) is 36.0. The van der Waals surface area contributed by atoms with E-state index in [9.17, 15) is 9.67 Å². The quantitative estimate of drug-likeness (QED) is 0.416. The third-order valence-electron chi connectivity index (χ3n) is 4.55. The van der Waals surface area contributed by atoms with Crippen LogP contribution in [-0.2, 0) is 14.0 Å². The number of aliphatic hydroxyl groups is 1. The smallest absolute Gasteiger partial charge is 0.216 e. The van der Waals surface area contributed by atoms with Gasteiger partial charge < -0.3 is 19.9 Å². The minimum absolute atomic E-state index is 0.0261. The summed E-state index contributed by atoms with van der Waals surface area (Å²) in [7, 11) is 5.09. The maximum Gasteiger partial charge on any atom is 0.216 e. The van der Waals surface area contributed by atoms with Gasteiger partial charge in [0.1, 0.15) is 15.7 Å². The molecule has 0 saturated carbocycles. The van der Waals surface area contributed by atoms with Gasteiger partial charge in [0, 0.05) is 44.3 Å². The standard InChI is InChI=1S/C13H30B2N3O4P/c1-17(2)23(20,4-3-10-5-16-6-12(14)21-10)18-7-11(9-19)22-13(15)8-18/h10-13,16,19H,3-9,14-15H2,1-2H3. The molecule has 5 unspecified atom stereocenters. The molecule has 2 rings (SSSR count). The summed E-state index contributed by atoms with van der Waals surface area (Å²) in [4.78, 5) is 0. The summed E-state index contributed by atoms with van der Waals surface area (Å²) in [5, 5.41) is 12.8. The molecule has 2 aliphatic rings. The molecule has 2 fully saturated rings. The van der Waals surface area contributed by atoms with Gasteiger partial charge in [0.15, 0.2) is 0 Å². The predicted octanol–water partition coefficient (Wildman–Crippen LogP) is -2.27. The Morgan fingerprint density at radius 3 is 2.52 bits per heavy atom. The highest BCUT2D eigenvalue weighted by atomic mass is 31.2. The van der Waals surface area contributed by atoms with Crippen molar-refractivity contribution in [1.82, 2.24) is 14.7 Å². The second-order valence-corrected chi connectivity index (χ2v) is 10.0. The van der Waals surface area contributed by atoms with Crippen molar-refractivity contribution < 1.29 is 19.1 Å². The van der Waals surface area contributed by atoms with E-state index in [4.69, 9.17) is 9.47 Å². The van der Waals surface area contributed by atoms with Crippen LogP contribution in [0, 0.1) is 0 Å². The summed E-state index contributed by atoms with van der Waals surface area (Å²) >= 11 is 0. The van der Waals surface area contributed by atoms with Crippen LogP contribution in [0.1, 0.15) is 6.42 Å². The Hall–Kier alpha value is 0.120. The van der Waals surface area contributed by atoms with Crippen molar-refractivity contribution in [2.24, 2.45) is 0 Å². The first-order chi connectivity index (χ1) is 10.8. The fraction of sp³-hybridized carbons (Fsp3) is 1.00. The van der Waals surface area contributed by atoms with E-state index in [2.05, 4.69) is 13.2 Å². The molecule has 7 nitrogen and oxygen atoms in total. The van der Waals surface area contributed by atoms with Crippen LogP contribution in [0.25, 0.3) is 0 Å². The van der Waals surface area contributed by atoms with E-state index >= 15 is 0 Å². The zero-order chi connectivity index (χ0) is 17.0. The summed E-state index contributed by atoms with van der Waals surface area (Å²) in [6.07, 6.45) is 1.20. The summed E-state index contributed by atoms with van der Waals surface area (Å²) in [5.74, 6) is 0. The van der Waals surface area contributed by atoms with Crippen molar-refractivity contribution in [3.05, 3.63) is 0 Å². The van der Waals surface area contributed by atoms with Crippen molar-refractivity contribution in [3.63, 3.8) is 0 Å². The lowest BCUT2D eigenvalue weighted by Crippen LogP contribution is -2.50. The van der Waals surface area contributed by atoms with Gasteiger partial charge in [-0.3, -0.25) is 4.57 Å². The molecule has 0 radical (unpaired) electrons. The fourth-order valence-electron chi connectivity index (χ4n) is 3.33. The number of aliphatic hydroxyl groups excluding tert-OH is 1. The molecule has 2 heterocycles. The molecule has 23 heavy (non-hydrogen) atoms. The first-order valence-electron chi connectivity index (χ1n) is 8.50. The van der Waals surface area contributed by atoms with Gasteiger partial charge in [-0.05, 0) is 20.5 Å². The van der Waals surface area contributed by atoms with E-state index in [1.807, 2.05) is 31.3 Å². The molecule has 0 aliphatic carbocycles. The molecule has 2 aliphatic heterocycles. The number of hydrogen-bond acceptors (Lipinski definition) is 5. The van der Waals surface area contributed by atoms with Crippen LogP contribution < -0.4 is 5.32 Å². The molecule has 0 aromatic carbocycles. The van der Waals surface area contributed by atoms with E-state index in [-0.39, 0.29) is 30.8 Å². The molecule has 0 bridgehead atoms. The van der Waals surface area contributed by atoms with Crippen LogP contribution in [0.4, 0.5) is 0 Å². The maximum atomic E-state index is 13.6. The summed E-state index contributed by atoms with van der Waals surface area (Å²) < 4.78 is 29.1. The SMILES string of the molecule is BC1CNCC(CCP(=O)(N(C)C)N2CC(B)OC(CO)C2)O1. The number of rotatable bonds is 6. The monoisotopic (exact) mass is 345 g/mol. The van der Waals surface area contributed by atoms with Gasteiger partial charge in [-0.1, -0.05) is 0 Å². The van der Waals surface area contributed by atoms with Crippen molar-refractivity contribution in [2.45, 2.75) is 30.6 Å². The van der Waals surface area contributed by atoms with Crippen molar-refractivity contribution in [1.29, 1.82) is 0 Å². The van der Waals surface area contributed by atoms with Crippen molar-refractivity contribution in [3.8, 4) is 0 Å². The number of hydrogen-bond donors (Lipinski definition) is 2. The van der Waals surface area contributed by atoms with Crippen molar-refractivity contribution in [2.75, 3.05) is 53.0 Å². The molecule has 0 spiro atoms. The van der Waals surface area contributed by atoms with Crippen LogP contribution in [0.5, 0.6) is 0 Å². The molecule has 0 amide bonds. The van der Waals surface area contributed by atoms with Crippen LogP contribution in [0.15, 0.2) is 0 Å². The Kier molecular flexibility index (Phi) is 7.17.